The third-order valence-corrected chi connectivity index (χ3v) is 9.73. The second kappa shape index (κ2) is 8.92. The predicted molar refractivity (Wildman–Crippen MR) is 147 cm³/mol. The van der Waals surface area contributed by atoms with Crippen LogP contribution in [0, 0.1) is 27.7 Å². The van der Waals surface area contributed by atoms with Gasteiger partial charge in [0.2, 0.25) is 0 Å². The van der Waals surface area contributed by atoms with E-state index < -0.39 is 0 Å². The highest BCUT2D eigenvalue weighted by molar-refractivity contribution is 8.78. The van der Waals surface area contributed by atoms with Crippen molar-refractivity contribution in [2.75, 3.05) is 0 Å². The van der Waals surface area contributed by atoms with Crippen LogP contribution in [0.25, 0.3) is 0 Å². The summed E-state index contributed by atoms with van der Waals surface area (Å²) in [5.74, 6) is 0.856. The highest BCUT2D eigenvalue weighted by Gasteiger charge is 2.36. The van der Waals surface area contributed by atoms with E-state index in [1.54, 1.807) is 10.8 Å². The molecule has 0 unspecified atom stereocenters. The van der Waals surface area contributed by atoms with Gasteiger partial charge < -0.3 is 10.2 Å². The molecule has 2 nitrogen and oxygen atoms in total. The third-order valence-electron chi connectivity index (χ3n) is 7.01. The quantitative estimate of drug-likeness (QED) is 0.428. The van der Waals surface area contributed by atoms with Crippen molar-refractivity contribution in [1.29, 1.82) is 0 Å². The Kier molecular flexibility index (Phi) is 7.06. The molecule has 4 heteroatoms. The average molecular weight is 485 g/mol. The van der Waals surface area contributed by atoms with Gasteiger partial charge in [0.25, 0.3) is 0 Å². The van der Waals surface area contributed by atoms with E-state index >= 15 is 0 Å². The van der Waals surface area contributed by atoms with Crippen LogP contribution >= 0.6 is 21.6 Å². The Morgan fingerprint density at radius 3 is 1.42 bits per heavy atom. The lowest BCUT2D eigenvalue weighted by molar-refractivity contribution is 0.441. The number of aromatic hydroxyl groups is 2. The normalized spacial score (nSPS) is 15.9. The first kappa shape index (κ1) is 26.1. The number of aryl methyl sites for hydroxylation is 2. The summed E-state index contributed by atoms with van der Waals surface area (Å²) in [6.07, 6.45) is 4.01. The van der Waals surface area contributed by atoms with E-state index in [4.69, 9.17) is 0 Å². The summed E-state index contributed by atoms with van der Waals surface area (Å²) in [7, 11) is 3.67. The summed E-state index contributed by atoms with van der Waals surface area (Å²) >= 11 is 0. The molecule has 1 aliphatic rings. The average Bonchev–Trinajstić information content (AvgIpc) is 3.15. The van der Waals surface area contributed by atoms with Crippen LogP contribution in [0.2, 0.25) is 0 Å². The summed E-state index contributed by atoms with van der Waals surface area (Å²) in [5, 5.41) is 24.3. The molecule has 0 saturated carbocycles. The minimum absolute atomic E-state index is 0.103. The van der Waals surface area contributed by atoms with Crippen LogP contribution in [-0.4, -0.2) is 15.0 Å². The molecule has 0 bridgehead atoms. The fraction of sp³-hybridized carbons (Fsp3) is 0.517. The van der Waals surface area contributed by atoms with Gasteiger partial charge in [-0.2, -0.15) is 0 Å². The van der Waals surface area contributed by atoms with Crippen molar-refractivity contribution >= 4 is 21.6 Å². The number of rotatable bonds is 4. The molecular formula is C29H40O2S2. The van der Waals surface area contributed by atoms with Gasteiger partial charge in [0.15, 0.2) is 0 Å². The molecule has 0 aliphatic carbocycles. The van der Waals surface area contributed by atoms with Gasteiger partial charge in [0.05, 0.1) is 4.75 Å². The van der Waals surface area contributed by atoms with Crippen LogP contribution in [0.3, 0.4) is 0 Å². The molecule has 0 aromatic heterocycles. The minimum atomic E-state index is -0.124. The van der Waals surface area contributed by atoms with E-state index in [2.05, 4.69) is 92.9 Å². The lowest BCUT2D eigenvalue weighted by Gasteiger charge is -2.32. The Morgan fingerprint density at radius 2 is 1.12 bits per heavy atom. The summed E-state index contributed by atoms with van der Waals surface area (Å²) in [4.78, 5) is 0. The molecule has 2 aromatic rings. The Hall–Kier alpha value is -1.52. The van der Waals surface area contributed by atoms with Crippen molar-refractivity contribution < 1.29 is 10.2 Å². The first-order valence-corrected chi connectivity index (χ1v) is 14.0. The number of hydrogen-bond donors (Lipinski definition) is 2. The topological polar surface area (TPSA) is 40.5 Å². The van der Waals surface area contributed by atoms with Crippen LogP contribution in [0.4, 0.5) is 0 Å². The van der Waals surface area contributed by atoms with Crippen molar-refractivity contribution in [3.8, 4) is 11.5 Å². The zero-order valence-corrected chi connectivity index (χ0v) is 23.6. The zero-order valence-electron chi connectivity index (χ0n) is 21.9. The van der Waals surface area contributed by atoms with E-state index in [1.807, 2.05) is 10.8 Å². The Morgan fingerprint density at radius 1 is 0.727 bits per heavy atom. The van der Waals surface area contributed by atoms with Crippen LogP contribution in [-0.2, 0) is 23.7 Å². The molecule has 1 heterocycles. The van der Waals surface area contributed by atoms with Crippen LogP contribution in [0.1, 0.15) is 86.1 Å². The standard InChI is InChI=1S/C29H40O2S2/c1-17-13-23(27(5,6)7)25(30)19(3)21(17)15-29(11-12-32-33-29)16-22-18(2)14-24(28(8,9)10)26(31)20(22)4/h11-14,30-31H,15-16H2,1-10H3. The van der Waals surface area contributed by atoms with Crippen molar-refractivity contribution in [2.24, 2.45) is 0 Å². The van der Waals surface area contributed by atoms with E-state index in [0.717, 1.165) is 35.1 Å². The fourth-order valence-corrected chi connectivity index (χ4v) is 7.46. The maximum Gasteiger partial charge on any atom is 0.122 e. The molecule has 1 aliphatic heterocycles. The molecule has 0 radical (unpaired) electrons. The lowest BCUT2D eigenvalue weighted by Crippen LogP contribution is -2.28. The molecule has 0 fully saturated rings. The van der Waals surface area contributed by atoms with Gasteiger partial charge in [-0.1, -0.05) is 81.3 Å². The Labute approximate surface area is 208 Å². The number of benzene rings is 2. The van der Waals surface area contributed by atoms with Crippen molar-refractivity contribution in [1.82, 2.24) is 0 Å². The van der Waals surface area contributed by atoms with Gasteiger partial charge in [0, 0.05) is 0 Å². The van der Waals surface area contributed by atoms with Gasteiger partial charge in [-0.05, 0) is 101 Å². The van der Waals surface area contributed by atoms with E-state index in [0.29, 0.717) is 11.5 Å². The summed E-state index contributed by atoms with van der Waals surface area (Å²) in [5.41, 5.74) is 8.72. The van der Waals surface area contributed by atoms with E-state index in [9.17, 15) is 10.2 Å². The van der Waals surface area contributed by atoms with Gasteiger partial charge in [0.1, 0.15) is 11.5 Å². The lowest BCUT2D eigenvalue weighted by atomic mass is 9.79. The number of hydrogen-bond acceptors (Lipinski definition) is 4. The minimum Gasteiger partial charge on any atom is -0.507 e. The molecule has 180 valence electrons. The monoisotopic (exact) mass is 484 g/mol. The zero-order chi connectivity index (χ0) is 24.9. The summed E-state index contributed by atoms with van der Waals surface area (Å²) in [6, 6.07) is 4.34. The maximum atomic E-state index is 11.1. The van der Waals surface area contributed by atoms with Crippen molar-refractivity contribution in [2.45, 2.75) is 97.7 Å². The molecule has 0 spiro atoms. The van der Waals surface area contributed by atoms with Gasteiger partial charge >= 0.3 is 0 Å². The second-order valence-corrected chi connectivity index (χ2v) is 14.3. The molecule has 0 atom stereocenters. The van der Waals surface area contributed by atoms with Gasteiger partial charge in [-0.25, -0.2) is 0 Å². The van der Waals surface area contributed by atoms with Gasteiger partial charge in [-0.3, -0.25) is 0 Å². The highest BCUT2D eigenvalue weighted by atomic mass is 33.1. The summed E-state index contributed by atoms with van der Waals surface area (Å²) in [6.45, 7) is 21.3. The van der Waals surface area contributed by atoms with E-state index in [1.165, 1.54) is 22.3 Å². The molecule has 0 saturated heterocycles. The van der Waals surface area contributed by atoms with Crippen LogP contribution < -0.4 is 0 Å². The second-order valence-electron chi connectivity index (χ2n) is 11.8. The largest absolute Gasteiger partial charge is 0.507 e. The molecule has 33 heavy (non-hydrogen) atoms. The first-order valence-electron chi connectivity index (χ1n) is 11.7. The molecule has 3 rings (SSSR count). The van der Waals surface area contributed by atoms with Crippen molar-refractivity contribution in [3.63, 3.8) is 0 Å². The van der Waals surface area contributed by atoms with Crippen LogP contribution in [0.15, 0.2) is 23.6 Å². The SMILES string of the molecule is Cc1cc(C(C)(C)C)c(O)c(C)c1CC1(Cc2c(C)cc(C(C)(C)C)c(O)c2C)C=CSS1. The Bertz CT molecular complexity index is 1020. The molecule has 2 N–H and O–H groups in total. The van der Waals surface area contributed by atoms with Gasteiger partial charge in [-0.15, -0.1) is 0 Å². The third kappa shape index (κ3) is 5.12. The fourth-order valence-electron chi connectivity index (χ4n) is 4.85. The Balaban J connectivity index is 2.06. The first-order chi connectivity index (χ1) is 15.1. The molecule has 2 aromatic carbocycles. The predicted octanol–water partition coefficient (Wildman–Crippen LogP) is 8.36. The summed E-state index contributed by atoms with van der Waals surface area (Å²) < 4.78 is -0.124. The van der Waals surface area contributed by atoms with Crippen LogP contribution in [0.5, 0.6) is 11.5 Å². The smallest absolute Gasteiger partial charge is 0.122 e. The van der Waals surface area contributed by atoms with E-state index in [-0.39, 0.29) is 15.6 Å². The number of phenolic OH excluding ortho intramolecular Hbond substituents is 2. The molecule has 0 amide bonds. The maximum absolute atomic E-state index is 11.1. The van der Waals surface area contributed by atoms with Crippen molar-refractivity contribution in [3.05, 3.63) is 68.1 Å². The number of phenols is 2. The highest BCUT2D eigenvalue weighted by Crippen LogP contribution is 2.51. The molecular weight excluding hydrogens is 444 g/mol.